The molecule has 9 heteroatoms. The Balaban J connectivity index is 1.20. The Morgan fingerprint density at radius 1 is 1.06 bits per heavy atom. The standard InChI is InChI=1S/C26H29N5O3S/c1-34-21-6-2-5-19(17-21)22-10-11-24(28-27-22)29-12-4-13-30(15-14-29)25(32)18-31(20-8-9-20)26(33)23-7-3-16-35-23/h2-3,5-7,10-11,16-17,20H,4,8-9,12-15,18H2,1H3. The number of hydrogen-bond acceptors (Lipinski definition) is 7. The Morgan fingerprint density at radius 2 is 1.94 bits per heavy atom. The number of carbonyl (C=O) groups excluding carboxylic acids is 2. The van der Waals surface area contributed by atoms with Crippen LogP contribution in [-0.2, 0) is 4.79 Å². The average Bonchev–Trinajstić information content (AvgIpc) is 3.65. The SMILES string of the molecule is COc1cccc(-c2ccc(N3CCCN(C(=O)CN(C(=O)c4cccs4)C4CC4)CC3)nn2)c1. The Labute approximate surface area is 209 Å². The van der Waals surface area contributed by atoms with Gasteiger partial charge < -0.3 is 19.4 Å². The summed E-state index contributed by atoms with van der Waals surface area (Å²) in [5.74, 6) is 1.57. The monoisotopic (exact) mass is 491 g/mol. The van der Waals surface area contributed by atoms with Crippen molar-refractivity contribution >= 4 is 29.0 Å². The van der Waals surface area contributed by atoms with E-state index in [4.69, 9.17) is 4.74 Å². The second-order valence-electron chi connectivity index (χ2n) is 8.87. The van der Waals surface area contributed by atoms with Gasteiger partial charge in [0.25, 0.3) is 5.91 Å². The summed E-state index contributed by atoms with van der Waals surface area (Å²) in [6.45, 7) is 2.91. The van der Waals surface area contributed by atoms with Crippen LogP contribution in [0.4, 0.5) is 5.82 Å². The minimum Gasteiger partial charge on any atom is -0.497 e. The first-order valence-electron chi connectivity index (χ1n) is 12.0. The van der Waals surface area contributed by atoms with E-state index >= 15 is 0 Å². The summed E-state index contributed by atoms with van der Waals surface area (Å²) in [7, 11) is 1.65. The van der Waals surface area contributed by atoms with Crippen LogP contribution in [0.25, 0.3) is 11.3 Å². The maximum absolute atomic E-state index is 13.1. The number of amides is 2. The molecule has 0 unspecified atom stereocenters. The lowest BCUT2D eigenvalue weighted by molar-refractivity contribution is -0.131. The number of rotatable bonds is 7. The lowest BCUT2D eigenvalue weighted by Gasteiger charge is -2.27. The second-order valence-corrected chi connectivity index (χ2v) is 9.82. The molecule has 1 aliphatic carbocycles. The molecular formula is C26H29N5O3S. The third-order valence-corrected chi connectivity index (χ3v) is 7.33. The predicted molar refractivity (Wildman–Crippen MR) is 136 cm³/mol. The van der Waals surface area contributed by atoms with Gasteiger partial charge in [0, 0.05) is 37.8 Å². The van der Waals surface area contributed by atoms with Crippen LogP contribution < -0.4 is 9.64 Å². The topological polar surface area (TPSA) is 78.9 Å². The number of hydrogen-bond donors (Lipinski definition) is 0. The summed E-state index contributed by atoms with van der Waals surface area (Å²) in [4.78, 5) is 32.6. The van der Waals surface area contributed by atoms with Gasteiger partial charge >= 0.3 is 0 Å². The van der Waals surface area contributed by atoms with Crippen molar-refractivity contribution < 1.29 is 14.3 Å². The van der Waals surface area contributed by atoms with Crippen molar-refractivity contribution in [2.45, 2.75) is 25.3 Å². The maximum Gasteiger partial charge on any atom is 0.264 e. The summed E-state index contributed by atoms with van der Waals surface area (Å²) in [5.41, 5.74) is 1.74. The van der Waals surface area contributed by atoms with Gasteiger partial charge in [-0.05, 0) is 55.0 Å². The summed E-state index contributed by atoms with van der Waals surface area (Å²) in [6.07, 6.45) is 2.79. The Bertz CT molecular complexity index is 1160. The molecule has 0 N–H and O–H groups in total. The van der Waals surface area contributed by atoms with Crippen LogP contribution in [0.2, 0.25) is 0 Å². The molecule has 1 saturated heterocycles. The molecule has 2 fully saturated rings. The first kappa shape index (κ1) is 23.3. The molecule has 2 aromatic heterocycles. The molecule has 1 aromatic carbocycles. The Hall–Kier alpha value is -3.46. The van der Waals surface area contributed by atoms with Gasteiger partial charge in [-0.1, -0.05) is 18.2 Å². The van der Waals surface area contributed by atoms with Gasteiger partial charge in [0.2, 0.25) is 5.91 Å². The largest absolute Gasteiger partial charge is 0.497 e. The molecule has 3 aromatic rings. The summed E-state index contributed by atoms with van der Waals surface area (Å²) < 4.78 is 5.30. The lowest BCUT2D eigenvalue weighted by Crippen LogP contribution is -2.45. The number of carbonyl (C=O) groups is 2. The zero-order valence-electron chi connectivity index (χ0n) is 19.8. The van der Waals surface area contributed by atoms with E-state index in [0.717, 1.165) is 48.6 Å². The van der Waals surface area contributed by atoms with Gasteiger partial charge in [0.15, 0.2) is 5.82 Å². The van der Waals surface area contributed by atoms with Gasteiger partial charge in [-0.25, -0.2) is 0 Å². The number of methoxy groups -OCH3 is 1. The number of ether oxygens (including phenoxy) is 1. The first-order valence-corrected chi connectivity index (χ1v) is 12.9. The van der Waals surface area contributed by atoms with Crippen molar-refractivity contribution in [2.24, 2.45) is 0 Å². The molecule has 2 aliphatic rings. The number of benzene rings is 1. The van der Waals surface area contributed by atoms with Gasteiger partial charge in [0.05, 0.1) is 17.7 Å². The van der Waals surface area contributed by atoms with Crippen LogP contribution in [0.1, 0.15) is 28.9 Å². The van der Waals surface area contributed by atoms with Crippen molar-refractivity contribution in [1.82, 2.24) is 20.0 Å². The molecule has 0 radical (unpaired) electrons. The van der Waals surface area contributed by atoms with E-state index in [0.29, 0.717) is 24.5 Å². The van der Waals surface area contributed by atoms with Gasteiger partial charge in [-0.15, -0.1) is 21.5 Å². The van der Waals surface area contributed by atoms with Gasteiger partial charge in [0.1, 0.15) is 12.3 Å². The van der Waals surface area contributed by atoms with E-state index in [2.05, 4.69) is 15.1 Å². The highest BCUT2D eigenvalue weighted by atomic mass is 32.1. The minimum atomic E-state index is -0.0290. The van der Waals surface area contributed by atoms with E-state index in [1.165, 1.54) is 11.3 Å². The highest BCUT2D eigenvalue weighted by Crippen LogP contribution is 2.29. The fourth-order valence-electron chi connectivity index (χ4n) is 4.37. The molecule has 0 spiro atoms. The molecular weight excluding hydrogens is 462 g/mol. The third-order valence-electron chi connectivity index (χ3n) is 6.47. The smallest absolute Gasteiger partial charge is 0.264 e. The molecule has 1 saturated carbocycles. The van der Waals surface area contributed by atoms with Crippen LogP contribution in [0.3, 0.4) is 0 Å². The Kier molecular flexibility index (Phi) is 6.94. The summed E-state index contributed by atoms with van der Waals surface area (Å²) >= 11 is 1.43. The molecule has 1 aliphatic heterocycles. The third kappa shape index (κ3) is 5.45. The molecule has 35 heavy (non-hydrogen) atoms. The molecule has 2 amide bonds. The molecule has 3 heterocycles. The normalized spacial score (nSPS) is 16.0. The lowest BCUT2D eigenvalue weighted by atomic mass is 10.1. The second kappa shape index (κ2) is 10.4. The molecule has 182 valence electrons. The highest BCUT2D eigenvalue weighted by molar-refractivity contribution is 7.12. The van der Waals surface area contributed by atoms with Crippen molar-refractivity contribution in [3.8, 4) is 17.0 Å². The van der Waals surface area contributed by atoms with Crippen molar-refractivity contribution in [1.29, 1.82) is 0 Å². The zero-order valence-corrected chi connectivity index (χ0v) is 20.6. The van der Waals surface area contributed by atoms with Crippen LogP contribution in [0.5, 0.6) is 5.75 Å². The van der Waals surface area contributed by atoms with E-state index in [1.807, 2.05) is 58.8 Å². The van der Waals surface area contributed by atoms with Crippen LogP contribution in [-0.4, -0.2) is 77.7 Å². The summed E-state index contributed by atoms with van der Waals surface area (Å²) in [6, 6.07) is 15.6. The molecule has 0 atom stereocenters. The van der Waals surface area contributed by atoms with Crippen molar-refractivity contribution in [3.05, 3.63) is 58.8 Å². The predicted octanol–water partition coefficient (Wildman–Crippen LogP) is 3.56. The average molecular weight is 492 g/mol. The number of anilines is 1. The Morgan fingerprint density at radius 3 is 2.66 bits per heavy atom. The van der Waals surface area contributed by atoms with E-state index in [-0.39, 0.29) is 24.4 Å². The molecule has 5 rings (SSSR count). The van der Waals surface area contributed by atoms with E-state index < -0.39 is 0 Å². The number of aromatic nitrogens is 2. The summed E-state index contributed by atoms with van der Waals surface area (Å²) in [5, 5.41) is 10.8. The minimum absolute atomic E-state index is 0.0168. The van der Waals surface area contributed by atoms with E-state index in [9.17, 15) is 9.59 Å². The van der Waals surface area contributed by atoms with Gasteiger partial charge in [-0.2, -0.15) is 0 Å². The van der Waals surface area contributed by atoms with Crippen LogP contribution in [0.15, 0.2) is 53.9 Å². The maximum atomic E-state index is 13.1. The number of thiophene rings is 1. The quantitative estimate of drug-likeness (QED) is 0.503. The van der Waals surface area contributed by atoms with Crippen LogP contribution in [0, 0.1) is 0 Å². The van der Waals surface area contributed by atoms with Gasteiger partial charge in [-0.3, -0.25) is 9.59 Å². The highest BCUT2D eigenvalue weighted by Gasteiger charge is 2.35. The van der Waals surface area contributed by atoms with Crippen molar-refractivity contribution in [3.63, 3.8) is 0 Å². The molecule has 0 bridgehead atoms. The number of nitrogens with zero attached hydrogens (tertiary/aromatic N) is 5. The van der Waals surface area contributed by atoms with Crippen LogP contribution >= 0.6 is 11.3 Å². The first-order chi connectivity index (χ1) is 17.1. The van der Waals surface area contributed by atoms with Crippen molar-refractivity contribution in [2.75, 3.05) is 44.7 Å². The molecule has 8 nitrogen and oxygen atoms in total. The zero-order chi connectivity index (χ0) is 24.2. The fourth-order valence-corrected chi connectivity index (χ4v) is 5.05. The van der Waals surface area contributed by atoms with E-state index in [1.54, 1.807) is 12.0 Å². The fraction of sp³-hybridized carbons (Fsp3) is 0.385.